The summed E-state index contributed by atoms with van der Waals surface area (Å²) in [5, 5.41) is 9.23. The highest BCUT2D eigenvalue weighted by Gasteiger charge is 2.41. The zero-order chi connectivity index (χ0) is 16.5. The lowest BCUT2D eigenvalue weighted by atomic mass is 9.82. The second-order valence-corrected chi connectivity index (χ2v) is 6.28. The van der Waals surface area contributed by atoms with E-state index in [4.69, 9.17) is 0 Å². The predicted molar refractivity (Wildman–Crippen MR) is 71.7 cm³/mol. The predicted octanol–water partition coefficient (Wildman–Crippen LogP) is 1.02. The topological polar surface area (TPSA) is 60.9 Å². The van der Waals surface area contributed by atoms with E-state index in [0.29, 0.717) is 32.2 Å². The molecule has 1 saturated carbocycles. The van der Waals surface area contributed by atoms with Crippen molar-refractivity contribution in [2.45, 2.75) is 38.0 Å². The molecule has 2 fully saturated rings. The van der Waals surface area contributed by atoms with Crippen LogP contribution in [0.1, 0.15) is 25.7 Å². The number of carbonyl (C=O) groups excluding carboxylic acids is 2. The molecule has 0 aromatic rings. The van der Waals surface area contributed by atoms with E-state index in [-0.39, 0.29) is 18.6 Å². The number of rotatable bonds is 4. The molecule has 126 valence electrons. The van der Waals surface area contributed by atoms with Crippen molar-refractivity contribution in [1.82, 2.24) is 9.80 Å². The lowest BCUT2D eigenvalue weighted by Crippen LogP contribution is -2.51. The molecule has 1 aliphatic carbocycles. The fraction of sp³-hybridized carbons (Fsp3) is 0.857. The molecule has 22 heavy (non-hydrogen) atoms. The van der Waals surface area contributed by atoms with Crippen LogP contribution >= 0.6 is 0 Å². The van der Waals surface area contributed by atoms with Crippen LogP contribution in [0.15, 0.2) is 0 Å². The number of aliphatic hydroxyl groups is 1. The molecular formula is C14H21F3N2O3. The van der Waals surface area contributed by atoms with Crippen molar-refractivity contribution in [2.75, 3.05) is 26.7 Å². The number of halogens is 3. The summed E-state index contributed by atoms with van der Waals surface area (Å²) in [7, 11) is 1.56. The molecule has 2 aliphatic rings. The van der Waals surface area contributed by atoms with Gasteiger partial charge in [0.2, 0.25) is 11.8 Å². The Bertz CT molecular complexity index is 436. The maximum absolute atomic E-state index is 12.4. The molecule has 2 amide bonds. The summed E-state index contributed by atoms with van der Waals surface area (Å²) in [6, 6.07) is 0. The zero-order valence-electron chi connectivity index (χ0n) is 12.5. The van der Waals surface area contributed by atoms with E-state index < -0.39 is 30.5 Å². The fourth-order valence-corrected chi connectivity index (χ4v) is 3.14. The van der Waals surface area contributed by atoms with Crippen LogP contribution in [0.3, 0.4) is 0 Å². The van der Waals surface area contributed by atoms with Crippen molar-refractivity contribution < 1.29 is 27.9 Å². The van der Waals surface area contributed by atoms with Crippen molar-refractivity contribution in [3.05, 3.63) is 0 Å². The van der Waals surface area contributed by atoms with Gasteiger partial charge in [0, 0.05) is 20.1 Å². The average molecular weight is 322 g/mol. The Balaban J connectivity index is 1.92. The Hall–Kier alpha value is -1.31. The molecule has 1 saturated heterocycles. The van der Waals surface area contributed by atoms with Crippen LogP contribution in [0.5, 0.6) is 0 Å². The molecule has 0 bridgehead atoms. The monoisotopic (exact) mass is 322 g/mol. The molecule has 0 aromatic carbocycles. The Morgan fingerprint density at radius 2 is 2.05 bits per heavy atom. The summed E-state index contributed by atoms with van der Waals surface area (Å²) in [4.78, 5) is 26.6. The van der Waals surface area contributed by atoms with E-state index in [0.717, 1.165) is 4.90 Å². The van der Waals surface area contributed by atoms with Crippen LogP contribution in [-0.2, 0) is 9.59 Å². The van der Waals surface area contributed by atoms with E-state index >= 15 is 0 Å². The van der Waals surface area contributed by atoms with Gasteiger partial charge in [-0.3, -0.25) is 9.59 Å². The van der Waals surface area contributed by atoms with Gasteiger partial charge in [-0.15, -0.1) is 0 Å². The van der Waals surface area contributed by atoms with Crippen LogP contribution in [0.4, 0.5) is 13.2 Å². The number of likely N-dealkylation sites (tertiary alicyclic amines) is 1. The smallest absolute Gasteiger partial charge is 0.393 e. The molecule has 8 heteroatoms. The molecule has 0 aromatic heterocycles. The van der Waals surface area contributed by atoms with E-state index in [1.807, 2.05) is 0 Å². The first-order valence-corrected chi connectivity index (χ1v) is 7.46. The highest BCUT2D eigenvalue weighted by Crippen LogP contribution is 2.29. The fourth-order valence-electron chi connectivity index (χ4n) is 3.14. The molecule has 2 rings (SSSR count). The largest absolute Gasteiger partial charge is 0.406 e. The Morgan fingerprint density at radius 3 is 2.59 bits per heavy atom. The summed E-state index contributed by atoms with van der Waals surface area (Å²) in [5.41, 5.74) is 0. The number of hydrogen-bond donors (Lipinski definition) is 1. The van der Waals surface area contributed by atoms with Crippen molar-refractivity contribution in [2.24, 2.45) is 11.8 Å². The summed E-state index contributed by atoms with van der Waals surface area (Å²) in [6.07, 6.45) is -2.84. The van der Waals surface area contributed by atoms with Crippen LogP contribution < -0.4 is 0 Å². The van der Waals surface area contributed by atoms with Gasteiger partial charge in [-0.1, -0.05) is 0 Å². The van der Waals surface area contributed by atoms with Gasteiger partial charge in [-0.2, -0.15) is 13.2 Å². The van der Waals surface area contributed by atoms with Crippen molar-refractivity contribution in [3.8, 4) is 0 Å². The third-order valence-corrected chi connectivity index (χ3v) is 4.32. The number of alkyl halides is 3. The SMILES string of the molecule is CN(CC1CC(O)C1)C(=O)C1CCCN(CC(F)(F)F)C1=O. The van der Waals surface area contributed by atoms with Crippen LogP contribution in [0.2, 0.25) is 0 Å². The lowest BCUT2D eigenvalue weighted by molar-refractivity contribution is -0.170. The van der Waals surface area contributed by atoms with Crippen LogP contribution in [0.25, 0.3) is 0 Å². The van der Waals surface area contributed by atoms with E-state index in [1.165, 1.54) is 4.90 Å². The standard InChI is InChI=1S/C14H21F3N2O3/c1-18(7-9-5-10(20)6-9)12(21)11-3-2-4-19(13(11)22)8-14(15,16)17/h9-11,20H,2-8H2,1H3. The first-order chi connectivity index (χ1) is 10.2. The van der Waals surface area contributed by atoms with Gasteiger partial charge in [-0.05, 0) is 31.6 Å². The number of piperidine rings is 1. The molecule has 1 aliphatic heterocycles. The summed E-state index contributed by atoms with van der Waals surface area (Å²) >= 11 is 0. The normalized spacial score (nSPS) is 29.2. The number of amides is 2. The molecule has 1 unspecified atom stereocenters. The van der Waals surface area contributed by atoms with Crippen molar-refractivity contribution >= 4 is 11.8 Å². The Morgan fingerprint density at radius 1 is 1.41 bits per heavy atom. The van der Waals surface area contributed by atoms with Crippen LogP contribution in [0, 0.1) is 11.8 Å². The second-order valence-electron chi connectivity index (χ2n) is 6.28. The summed E-state index contributed by atoms with van der Waals surface area (Å²) in [5.74, 6) is -1.95. The third-order valence-electron chi connectivity index (χ3n) is 4.32. The van der Waals surface area contributed by atoms with E-state index in [2.05, 4.69) is 0 Å². The molecule has 1 atom stereocenters. The minimum atomic E-state index is -4.45. The van der Waals surface area contributed by atoms with Gasteiger partial charge >= 0.3 is 6.18 Å². The van der Waals surface area contributed by atoms with Gasteiger partial charge in [0.05, 0.1) is 6.10 Å². The van der Waals surface area contributed by atoms with Crippen molar-refractivity contribution in [1.29, 1.82) is 0 Å². The maximum Gasteiger partial charge on any atom is 0.406 e. The minimum Gasteiger partial charge on any atom is -0.393 e. The second kappa shape index (κ2) is 6.44. The van der Waals surface area contributed by atoms with E-state index in [1.54, 1.807) is 7.05 Å². The van der Waals surface area contributed by atoms with E-state index in [9.17, 15) is 27.9 Å². The lowest BCUT2D eigenvalue weighted by Gasteiger charge is -2.37. The zero-order valence-corrected chi connectivity index (χ0v) is 12.5. The first kappa shape index (κ1) is 17.1. The Labute approximate surface area is 127 Å². The van der Waals surface area contributed by atoms with Gasteiger partial charge in [0.1, 0.15) is 12.5 Å². The number of hydrogen-bond acceptors (Lipinski definition) is 3. The maximum atomic E-state index is 12.4. The molecule has 1 N–H and O–H groups in total. The van der Waals surface area contributed by atoms with Gasteiger partial charge < -0.3 is 14.9 Å². The summed E-state index contributed by atoms with van der Waals surface area (Å²) in [6.45, 7) is -0.826. The number of aliphatic hydroxyl groups excluding tert-OH is 1. The van der Waals surface area contributed by atoms with Gasteiger partial charge in [0.15, 0.2) is 0 Å². The quantitative estimate of drug-likeness (QED) is 0.786. The van der Waals surface area contributed by atoms with Gasteiger partial charge in [-0.25, -0.2) is 0 Å². The van der Waals surface area contributed by atoms with Crippen molar-refractivity contribution in [3.63, 3.8) is 0 Å². The van der Waals surface area contributed by atoms with Gasteiger partial charge in [0.25, 0.3) is 0 Å². The average Bonchev–Trinajstić information content (AvgIpc) is 2.37. The molecule has 0 spiro atoms. The summed E-state index contributed by atoms with van der Waals surface area (Å²) < 4.78 is 37.3. The number of nitrogens with zero attached hydrogens (tertiary/aromatic N) is 2. The molecule has 5 nitrogen and oxygen atoms in total. The first-order valence-electron chi connectivity index (χ1n) is 7.46. The highest BCUT2D eigenvalue weighted by molar-refractivity contribution is 6.00. The third kappa shape index (κ3) is 4.12. The molecule has 0 radical (unpaired) electrons. The highest BCUT2D eigenvalue weighted by atomic mass is 19.4. The van der Waals surface area contributed by atoms with Crippen LogP contribution in [-0.4, -0.2) is 65.7 Å². The molecule has 1 heterocycles. The minimum absolute atomic E-state index is 0.0423. The number of carbonyl (C=O) groups is 2. The Kier molecular flexibility index (Phi) is 4.99. The molecular weight excluding hydrogens is 301 g/mol.